The van der Waals surface area contributed by atoms with Gasteiger partial charge in [0.1, 0.15) is 0 Å². The van der Waals surface area contributed by atoms with Crippen LogP contribution in [0.5, 0.6) is 0 Å². The van der Waals surface area contributed by atoms with Crippen LogP contribution in [0, 0.1) is 0 Å². The number of benzene rings is 1. The predicted octanol–water partition coefficient (Wildman–Crippen LogP) is 3.55. The number of hydrogen-bond acceptors (Lipinski definition) is 1. The first kappa shape index (κ1) is 11.4. The van der Waals surface area contributed by atoms with Crippen molar-refractivity contribution >= 4 is 32.4 Å². The minimum atomic E-state index is 0.276. The van der Waals surface area contributed by atoms with Gasteiger partial charge in [-0.1, -0.05) is 22.5 Å². The van der Waals surface area contributed by atoms with Crippen LogP contribution >= 0.6 is 15.9 Å². The molecule has 0 aliphatic rings. The lowest BCUT2D eigenvalue weighted by atomic mass is 10.0. The van der Waals surface area contributed by atoms with Gasteiger partial charge in [0.15, 0.2) is 0 Å². The molecule has 0 amide bonds. The van der Waals surface area contributed by atoms with Crippen LogP contribution < -0.4 is 5.32 Å². The zero-order valence-electron chi connectivity index (χ0n) is 9.47. The van der Waals surface area contributed by atoms with Gasteiger partial charge in [-0.3, -0.25) is 0 Å². The highest BCUT2D eigenvalue weighted by molar-refractivity contribution is 9.10. The number of aromatic amines is 1. The third-order valence-electron chi connectivity index (χ3n) is 2.95. The first-order valence-electron chi connectivity index (χ1n) is 5.26. The average molecular weight is 279 g/mol. The van der Waals surface area contributed by atoms with Crippen LogP contribution in [0.15, 0.2) is 35.4 Å². The standard InChI is InChI=1S/C13H15BrN2/c1-8(9(2)15-3)12-7-16-13-5-4-10(14)6-11(12)13/h4-7,9,15-16H,1H2,2-3H3. The van der Waals surface area contributed by atoms with E-state index in [2.05, 4.69) is 51.9 Å². The third-order valence-corrected chi connectivity index (χ3v) is 3.44. The fraction of sp³-hybridized carbons (Fsp3) is 0.231. The highest BCUT2D eigenvalue weighted by atomic mass is 79.9. The van der Waals surface area contributed by atoms with Gasteiger partial charge in [0.2, 0.25) is 0 Å². The summed E-state index contributed by atoms with van der Waals surface area (Å²) in [5.74, 6) is 0. The van der Waals surface area contributed by atoms with Crippen LogP contribution in [-0.2, 0) is 0 Å². The van der Waals surface area contributed by atoms with Crippen molar-refractivity contribution in [2.45, 2.75) is 13.0 Å². The second kappa shape index (κ2) is 4.44. The Labute approximate surface area is 104 Å². The summed E-state index contributed by atoms with van der Waals surface area (Å²) in [6.45, 7) is 6.26. The lowest BCUT2D eigenvalue weighted by Gasteiger charge is -2.12. The largest absolute Gasteiger partial charge is 0.361 e. The van der Waals surface area contributed by atoms with Gasteiger partial charge in [-0.2, -0.15) is 0 Å². The molecule has 0 aliphatic heterocycles. The molecular weight excluding hydrogens is 264 g/mol. The molecule has 0 radical (unpaired) electrons. The molecule has 0 saturated heterocycles. The number of fused-ring (bicyclic) bond motifs is 1. The Bertz CT molecular complexity index is 528. The Balaban J connectivity index is 2.53. The van der Waals surface area contributed by atoms with Crippen LogP contribution in [0.2, 0.25) is 0 Å². The van der Waals surface area contributed by atoms with E-state index < -0.39 is 0 Å². The van der Waals surface area contributed by atoms with Crippen molar-refractivity contribution in [1.29, 1.82) is 0 Å². The molecular formula is C13H15BrN2. The summed E-state index contributed by atoms with van der Waals surface area (Å²) < 4.78 is 1.09. The van der Waals surface area contributed by atoms with Crippen LogP contribution in [-0.4, -0.2) is 18.1 Å². The molecule has 84 valence electrons. The number of H-pyrrole nitrogens is 1. The van der Waals surface area contributed by atoms with Crippen molar-refractivity contribution in [2.24, 2.45) is 0 Å². The van der Waals surface area contributed by atoms with Crippen LogP contribution in [0.25, 0.3) is 16.5 Å². The maximum atomic E-state index is 4.15. The fourth-order valence-corrected chi connectivity index (χ4v) is 2.13. The van der Waals surface area contributed by atoms with E-state index in [1.807, 2.05) is 19.3 Å². The molecule has 1 atom stereocenters. The summed E-state index contributed by atoms with van der Waals surface area (Å²) >= 11 is 3.50. The number of nitrogens with one attached hydrogen (secondary N) is 2. The van der Waals surface area contributed by atoms with E-state index in [-0.39, 0.29) is 6.04 Å². The van der Waals surface area contributed by atoms with E-state index >= 15 is 0 Å². The number of hydrogen-bond donors (Lipinski definition) is 2. The Morgan fingerprint density at radius 1 is 1.50 bits per heavy atom. The Morgan fingerprint density at radius 2 is 2.25 bits per heavy atom. The third kappa shape index (κ3) is 1.93. The predicted molar refractivity (Wildman–Crippen MR) is 73.6 cm³/mol. The van der Waals surface area contributed by atoms with Crippen molar-refractivity contribution in [1.82, 2.24) is 10.3 Å². The SMILES string of the molecule is C=C(c1c[nH]c2ccc(Br)cc12)C(C)NC. The Hall–Kier alpha value is -1.06. The quantitative estimate of drug-likeness (QED) is 0.883. The summed E-state index contributed by atoms with van der Waals surface area (Å²) in [5.41, 5.74) is 3.42. The van der Waals surface area contributed by atoms with Crippen molar-refractivity contribution in [3.8, 4) is 0 Å². The maximum absolute atomic E-state index is 4.15. The van der Waals surface area contributed by atoms with Crippen molar-refractivity contribution < 1.29 is 0 Å². The molecule has 0 fully saturated rings. The van der Waals surface area contributed by atoms with Gasteiger partial charge in [-0.15, -0.1) is 0 Å². The summed E-state index contributed by atoms with van der Waals surface area (Å²) in [6, 6.07) is 6.50. The van der Waals surface area contributed by atoms with E-state index in [1.54, 1.807) is 0 Å². The Kier molecular flexibility index (Phi) is 3.17. The fourth-order valence-electron chi connectivity index (χ4n) is 1.77. The molecule has 1 heterocycles. The molecule has 2 aromatic rings. The smallest absolute Gasteiger partial charge is 0.0461 e. The topological polar surface area (TPSA) is 27.8 Å². The van der Waals surface area contributed by atoms with Crippen LogP contribution in [0.1, 0.15) is 12.5 Å². The number of halogens is 1. The van der Waals surface area contributed by atoms with E-state index in [9.17, 15) is 0 Å². The monoisotopic (exact) mass is 278 g/mol. The normalized spacial score (nSPS) is 12.9. The van der Waals surface area contributed by atoms with Gasteiger partial charge in [0.25, 0.3) is 0 Å². The first-order chi connectivity index (χ1) is 7.63. The second-order valence-corrected chi connectivity index (χ2v) is 4.84. The zero-order chi connectivity index (χ0) is 11.7. The summed E-state index contributed by atoms with van der Waals surface area (Å²) in [4.78, 5) is 3.27. The maximum Gasteiger partial charge on any atom is 0.0461 e. The molecule has 1 unspecified atom stereocenters. The molecule has 0 bridgehead atoms. The molecule has 2 nitrogen and oxygen atoms in total. The Morgan fingerprint density at radius 3 is 2.94 bits per heavy atom. The average Bonchev–Trinajstić information content (AvgIpc) is 2.69. The van der Waals surface area contributed by atoms with Gasteiger partial charge in [0.05, 0.1) is 0 Å². The van der Waals surface area contributed by atoms with Crippen molar-refractivity contribution in [3.05, 3.63) is 41.0 Å². The molecule has 2 N–H and O–H groups in total. The van der Waals surface area contributed by atoms with Gasteiger partial charge in [-0.05, 0) is 37.7 Å². The lowest BCUT2D eigenvalue weighted by molar-refractivity contribution is 0.746. The summed E-state index contributed by atoms with van der Waals surface area (Å²) in [6.07, 6.45) is 2.02. The minimum Gasteiger partial charge on any atom is -0.361 e. The van der Waals surface area contributed by atoms with Gasteiger partial charge in [0, 0.05) is 33.2 Å². The van der Waals surface area contributed by atoms with E-state index in [4.69, 9.17) is 0 Å². The lowest BCUT2D eigenvalue weighted by Crippen LogP contribution is -2.21. The van der Waals surface area contributed by atoms with Gasteiger partial charge < -0.3 is 10.3 Å². The van der Waals surface area contributed by atoms with Crippen molar-refractivity contribution in [2.75, 3.05) is 7.05 Å². The molecule has 16 heavy (non-hydrogen) atoms. The van der Waals surface area contributed by atoms with Gasteiger partial charge in [-0.25, -0.2) is 0 Å². The van der Waals surface area contributed by atoms with E-state index in [0.29, 0.717) is 0 Å². The molecule has 1 aromatic heterocycles. The molecule has 2 rings (SSSR count). The molecule has 0 aliphatic carbocycles. The molecule has 3 heteroatoms. The molecule has 0 spiro atoms. The second-order valence-electron chi connectivity index (χ2n) is 3.93. The number of likely N-dealkylation sites (N-methyl/N-ethyl adjacent to an activating group) is 1. The van der Waals surface area contributed by atoms with Crippen LogP contribution in [0.3, 0.4) is 0 Å². The van der Waals surface area contributed by atoms with Crippen molar-refractivity contribution in [3.63, 3.8) is 0 Å². The number of rotatable bonds is 3. The summed E-state index contributed by atoms with van der Waals surface area (Å²) in [7, 11) is 1.95. The van der Waals surface area contributed by atoms with E-state index in [1.165, 1.54) is 10.9 Å². The number of aromatic nitrogens is 1. The first-order valence-corrected chi connectivity index (χ1v) is 6.06. The molecule has 0 saturated carbocycles. The van der Waals surface area contributed by atoms with Crippen LogP contribution in [0.4, 0.5) is 0 Å². The molecule has 1 aromatic carbocycles. The summed E-state index contributed by atoms with van der Waals surface area (Å²) in [5, 5.41) is 4.42. The van der Waals surface area contributed by atoms with Gasteiger partial charge >= 0.3 is 0 Å². The minimum absolute atomic E-state index is 0.276. The highest BCUT2D eigenvalue weighted by Gasteiger charge is 2.11. The van der Waals surface area contributed by atoms with E-state index in [0.717, 1.165) is 15.6 Å². The zero-order valence-corrected chi connectivity index (χ0v) is 11.1. The highest BCUT2D eigenvalue weighted by Crippen LogP contribution is 2.28.